The van der Waals surface area contributed by atoms with Crippen molar-refractivity contribution in [1.82, 2.24) is 0 Å². The predicted molar refractivity (Wildman–Crippen MR) is 236 cm³/mol. The molecule has 1 aromatic carbocycles. The van der Waals surface area contributed by atoms with Gasteiger partial charge in [0.2, 0.25) is 0 Å². The second-order valence-corrected chi connectivity index (χ2v) is 21.8. The van der Waals surface area contributed by atoms with Crippen LogP contribution in [0.5, 0.6) is 0 Å². The fourth-order valence-corrected chi connectivity index (χ4v) is 14.9. The van der Waals surface area contributed by atoms with Crippen molar-refractivity contribution in [2.24, 2.45) is 5.92 Å². The zero-order valence-corrected chi connectivity index (χ0v) is 39.3. The fraction of sp³-hybridized carbons (Fsp3) is 0.860. The molecule has 372 valence electrons. The highest BCUT2D eigenvalue weighted by molar-refractivity contribution is 7.98. The van der Waals surface area contributed by atoms with Crippen LogP contribution in [-0.2, 0) is 61.6 Å². The second-order valence-electron chi connectivity index (χ2n) is 17.0. The van der Waals surface area contributed by atoms with Gasteiger partial charge in [-0.1, -0.05) is 51.1 Å². The Labute approximate surface area is 381 Å². The number of aliphatic hydroxyl groups is 12. The molecule has 1 aromatic rings. The van der Waals surface area contributed by atoms with Gasteiger partial charge in [-0.15, -0.1) is 0 Å². The third-order valence-electron chi connectivity index (χ3n) is 12.9. The summed E-state index contributed by atoms with van der Waals surface area (Å²) in [6.07, 6.45) is -14.4. The van der Waals surface area contributed by atoms with Crippen LogP contribution < -0.4 is 0 Å². The maximum atomic E-state index is 10.3. The normalized spacial score (nSPS) is 44.7. The van der Waals surface area contributed by atoms with Crippen molar-refractivity contribution >= 4 is 21.8 Å². The molecule has 12 N–H and O–H groups in total. The first-order chi connectivity index (χ1) is 30.5. The quantitative estimate of drug-likeness (QED) is 0.0773. The largest absolute Gasteiger partial charge is 0.391 e. The minimum atomic E-state index is -1.36. The number of ether oxygens (including phenoxy) is 7. The number of hydrogen-bond acceptors (Lipinski definition) is 19. The van der Waals surface area contributed by atoms with Crippen LogP contribution in [-0.4, -0.2) is 233 Å². The molecule has 0 radical (unpaired) electrons. The topological polar surface area (TPSA) is 307 Å². The van der Waals surface area contributed by atoms with Crippen molar-refractivity contribution in [3.8, 4) is 0 Å². The molecule has 5 saturated heterocycles. The van der Waals surface area contributed by atoms with Gasteiger partial charge in [0.05, 0.1) is 31.5 Å². The number of benzene rings is 1. The van der Waals surface area contributed by atoms with Crippen molar-refractivity contribution in [3.63, 3.8) is 0 Å². The molecular formula is C43H76O19S2+2. The molecule has 5 fully saturated rings. The van der Waals surface area contributed by atoms with E-state index in [1.54, 1.807) is 0 Å². The van der Waals surface area contributed by atoms with Gasteiger partial charge in [0, 0.05) is 40.1 Å². The van der Waals surface area contributed by atoms with E-state index in [0.717, 1.165) is 17.9 Å². The Kier molecular flexibility index (Phi) is 23.3. The van der Waals surface area contributed by atoms with Crippen molar-refractivity contribution in [2.45, 2.75) is 174 Å². The number of aliphatic hydroxyl groups excluding tert-OH is 12. The molecule has 0 bridgehead atoms. The average molecular weight is 961 g/mol. The summed E-state index contributed by atoms with van der Waals surface area (Å²) in [5.74, 6) is 3.35. The van der Waals surface area contributed by atoms with Gasteiger partial charge in [0.25, 0.3) is 0 Å². The van der Waals surface area contributed by atoms with Crippen LogP contribution in [0.3, 0.4) is 0 Å². The monoisotopic (exact) mass is 960 g/mol. The summed E-state index contributed by atoms with van der Waals surface area (Å²) in [6, 6.07) is 10.3. The van der Waals surface area contributed by atoms with E-state index in [9.17, 15) is 61.3 Å². The number of hydrogen-bond donors (Lipinski definition) is 12. The van der Waals surface area contributed by atoms with Gasteiger partial charge in [0.15, 0.2) is 24.1 Å². The standard InChI is InChI=1S/C22H35O6S.C13H25O8S.C8H16O5/c1-4-18-14(2)17(27-12-15-8-6-5-7-9-15)13-29(18)11-10-16-19(23)20(24)21(25)22(26-3)28-16;1-20-13-12(19)11(18)10(17)7(21-13)2-3-22-5-6(15)9(16)8(22)4-14;1-3-4-5(9)6(10)7(11)8(12-2)13-4/h5-9,14,16-25H,4,10-13H2,1-3H3;6-19H,2-5H2,1H3;4-11H,3H2,1-2H3/q2*+1;/t14-,16+,17+,18+,19+,20-,21+,22+,29?;6-,7-,8-,9+,10-,11+,12-,13-,22?;4-,5-,6+,7-,8-/m011/s1. The SMILES string of the molecule is CC[C@@H]1[C@@H](C)[C@H](OCc2ccccc2)C[S+]1CC[C@H]1O[C@@H](OC)[C@H](O)[C@@H](O)[C@@H]1O.CC[C@H]1O[C@@H](OC)[C@H](O)[C@@H](O)[C@@H]1O.CO[C@@H]1O[C@H](CC[S+]2C[C@@H](O)[C@H](O)[C@H]2CO)[C@@H](O)[C@H](O)[C@H]1O. The maximum absolute atomic E-state index is 10.3. The molecule has 21 heteroatoms. The van der Waals surface area contributed by atoms with Gasteiger partial charge in [-0.3, -0.25) is 0 Å². The first-order valence-corrected chi connectivity index (χ1v) is 25.4. The third kappa shape index (κ3) is 13.9. The molecule has 0 aromatic heterocycles. The molecule has 0 spiro atoms. The maximum Gasteiger partial charge on any atom is 0.186 e. The molecule has 0 saturated carbocycles. The highest BCUT2D eigenvalue weighted by Crippen LogP contribution is 2.36. The molecule has 19 nitrogen and oxygen atoms in total. The molecule has 2 unspecified atom stereocenters. The third-order valence-corrected chi connectivity index (χ3v) is 18.8. The summed E-state index contributed by atoms with van der Waals surface area (Å²) in [5, 5.41) is 117. The summed E-state index contributed by atoms with van der Waals surface area (Å²) in [6.45, 7) is 6.76. The van der Waals surface area contributed by atoms with E-state index in [1.807, 2.05) is 25.1 Å². The molecule has 5 aliphatic rings. The lowest BCUT2D eigenvalue weighted by Gasteiger charge is -2.39. The van der Waals surface area contributed by atoms with Crippen LogP contribution in [0.1, 0.15) is 52.0 Å². The van der Waals surface area contributed by atoms with Crippen molar-refractivity contribution in [3.05, 3.63) is 35.9 Å². The summed E-state index contributed by atoms with van der Waals surface area (Å²) in [5.41, 5.74) is 1.19. The van der Waals surface area contributed by atoms with Gasteiger partial charge in [-0.25, -0.2) is 0 Å². The Hall–Kier alpha value is -0.840. The molecule has 5 heterocycles. The molecule has 6 rings (SSSR count). The van der Waals surface area contributed by atoms with E-state index in [1.165, 1.54) is 26.9 Å². The van der Waals surface area contributed by atoms with E-state index >= 15 is 0 Å². The zero-order valence-electron chi connectivity index (χ0n) is 37.6. The van der Waals surface area contributed by atoms with Crippen LogP contribution in [0.15, 0.2) is 30.3 Å². The lowest BCUT2D eigenvalue weighted by Crippen LogP contribution is -2.58. The van der Waals surface area contributed by atoms with Crippen LogP contribution in [0.4, 0.5) is 0 Å². The highest BCUT2D eigenvalue weighted by Gasteiger charge is 2.52. The number of methoxy groups -OCH3 is 3. The minimum absolute atomic E-state index is 0.166. The fourth-order valence-electron chi connectivity index (χ4n) is 8.87. The molecule has 0 amide bonds. The van der Waals surface area contributed by atoms with E-state index in [-0.39, 0.29) is 28.9 Å². The Bertz CT molecular complexity index is 1420. The predicted octanol–water partition coefficient (Wildman–Crippen LogP) is -3.14. The summed E-state index contributed by atoms with van der Waals surface area (Å²) in [7, 11) is 3.91. The van der Waals surface area contributed by atoms with Crippen LogP contribution >= 0.6 is 0 Å². The van der Waals surface area contributed by atoms with Crippen LogP contribution in [0.2, 0.25) is 0 Å². The molecule has 64 heavy (non-hydrogen) atoms. The average Bonchev–Trinajstić information content (AvgIpc) is 3.77. The van der Waals surface area contributed by atoms with E-state index < -0.39 is 115 Å². The first kappa shape index (κ1) is 55.8. The van der Waals surface area contributed by atoms with Gasteiger partial charge >= 0.3 is 0 Å². The van der Waals surface area contributed by atoms with Gasteiger partial charge in [0.1, 0.15) is 102 Å². The summed E-state index contributed by atoms with van der Waals surface area (Å²) >= 11 is 0. The first-order valence-electron chi connectivity index (χ1n) is 22.1. The zero-order chi connectivity index (χ0) is 47.4. The lowest BCUT2D eigenvalue weighted by atomic mass is 9.97. The molecule has 0 aliphatic carbocycles. The second kappa shape index (κ2) is 26.8. The molecule has 23 atom stereocenters. The van der Waals surface area contributed by atoms with Crippen LogP contribution in [0.25, 0.3) is 0 Å². The highest BCUT2D eigenvalue weighted by atomic mass is 32.2. The van der Waals surface area contributed by atoms with Gasteiger partial charge in [-0.2, -0.15) is 0 Å². The lowest BCUT2D eigenvalue weighted by molar-refractivity contribution is -0.290. The molecule has 5 aliphatic heterocycles. The van der Waals surface area contributed by atoms with Crippen molar-refractivity contribution < 1.29 is 94.4 Å². The van der Waals surface area contributed by atoms with E-state index in [4.69, 9.17) is 33.2 Å². The van der Waals surface area contributed by atoms with Gasteiger partial charge in [-0.05, 0) is 40.2 Å². The Balaban J connectivity index is 0.000000226. The van der Waals surface area contributed by atoms with E-state index in [2.05, 4.69) is 26.0 Å². The molecular weight excluding hydrogens is 885 g/mol. The van der Waals surface area contributed by atoms with Crippen molar-refractivity contribution in [1.29, 1.82) is 0 Å². The smallest absolute Gasteiger partial charge is 0.186 e. The Morgan fingerprint density at radius 3 is 1.41 bits per heavy atom. The van der Waals surface area contributed by atoms with E-state index in [0.29, 0.717) is 48.5 Å². The summed E-state index contributed by atoms with van der Waals surface area (Å²) in [4.78, 5) is 0. The van der Waals surface area contributed by atoms with Crippen molar-refractivity contribution in [2.75, 3.05) is 50.9 Å². The summed E-state index contributed by atoms with van der Waals surface area (Å²) < 4.78 is 37.5. The van der Waals surface area contributed by atoms with Gasteiger partial charge < -0.3 is 94.4 Å². The Morgan fingerprint density at radius 1 is 0.547 bits per heavy atom. The minimum Gasteiger partial charge on any atom is -0.391 e. The van der Waals surface area contributed by atoms with Crippen LogP contribution in [0, 0.1) is 5.92 Å². The number of rotatable bonds is 15. The Morgan fingerprint density at radius 2 is 0.984 bits per heavy atom.